The molecule has 0 radical (unpaired) electrons. The number of sulfonamides is 1. The minimum Gasteiger partial charge on any atom is -0.477 e. The molecule has 0 saturated heterocycles. The second-order valence-corrected chi connectivity index (χ2v) is 10.5. The first-order valence-corrected chi connectivity index (χ1v) is 12.6. The zero-order valence-electron chi connectivity index (χ0n) is 19.3. The number of carbonyl (C=O) groups is 1. The molecular formula is C24H27N5O4S. The molecule has 0 spiro atoms. The molecule has 10 heteroatoms. The van der Waals surface area contributed by atoms with Gasteiger partial charge in [-0.2, -0.15) is 0 Å². The number of nitrogens with one attached hydrogen (secondary N) is 2. The molecule has 0 unspecified atom stereocenters. The maximum atomic E-state index is 13.1. The molecular weight excluding hydrogens is 454 g/mol. The molecule has 9 nitrogen and oxygen atoms in total. The standard InChI is InChI=1S/C24H27N5O4S/c1-4-33-22-15-25-14-19(27-22)16-8-10-17(11-9-16)26-23(30)24(2,3)20-6-5-7-21(28-20)29-34(31,32)18-12-13-18/h5-11,14-15,18H,4,12-13H2,1-3H3,(H,26,30)(H,28,29). The molecule has 1 aliphatic carbocycles. The van der Waals surface area contributed by atoms with Gasteiger partial charge in [-0.05, 0) is 57.9 Å². The molecule has 1 amide bonds. The van der Waals surface area contributed by atoms with Crippen LogP contribution in [0.25, 0.3) is 11.3 Å². The van der Waals surface area contributed by atoms with Gasteiger partial charge in [0.2, 0.25) is 21.8 Å². The van der Waals surface area contributed by atoms with Gasteiger partial charge in [0.1, 0.15) is 5.82 Å². The highest BCUT2D eigenvalue weighted by Gasteiger charge is 2.36. The van der Waals surface area contributed by atoms with E-state index < -0.39 is 15.4 Å². The van der Waals surface area contributed by atoms with E-state index in [4.69, 9.17) is 4.74 Å². The molecule has 3 aromatic rings. The maximum absolute atomic E-state index is 13.1. The smallest absolute Gasteiger partial charge is 0.236 e. The number of hydrogen-bond donors (Lipinski definition) is 2. The summed E-state index contributed by atoms with van der Waals surface area (Å²) < 4.78 is 32.4. The van der Waals surface area contributed by atoms with E-state index in [-0.39, 0.29) is 17.0 Å². The summed E-state index contributed by atoms with van der Waals surface area (Å²) in [4.78, 5) is 26.1. The summed E-state index contributed by atoms with van der Waals surface area (Å²) in [5.41, 5.74) is 1.57. The fourth-order valence-electron chi connectivity index (χ4n) is 3.28. The average molecular weight is 482 g/mol. The Morgan fingerprint density at radius 3 is 2.50 bits per heavy atom. The summed E-state index contributed by atoms with van der Waals surface area (Å²) in [5, 5.41) is 2.55. The number of carbonyl (C=O) groups excluding carboxylic acids is 1. The first kappa shape index (κ1) is 23.6. The summed E-state index contributed by atoms with van der Waals surface area (Å²) in [6.07, 6.45) is 4.53. The van der Waals surface area contributed by atoms with E-state index in [0.717, 1.165) is 5.56 Å². The van der Waals surface area contributed by atoms with Crippen molar-refractivity contribution in [3.05, 3.63) is 60.6 Å². The van der Waals surface area contributed by atoms with Gasteiger partial charge in [-0.25, -0.2) is 18.4 Å². The van der Waals surface area contributed by atoms with Gasteiger partial charge in [0, 0.05) is 11.3 Å². The molecule has 1 aliphatic rings. The first-order chi connectivity index (χ1) is 16.2. The highest BCUT2D eigenvalue weighted by atomic mass is 32.2. The van der Waals surface area contributed by atoms with E-state index in [0.29, 0.717) is 42.4 Å². The summed E-state index contributed by atoms with van der Waals surface area (Å²) in [6.45, 7) is 5.87. The molecule has 1 fully saturated rings. The minimum absolute atomic E-state index is 0.213. The Kier molecular flexibility index (Phi) is 6.52. The Bertz CT molecular complexity index is 1290. The molecule has 1 aromatic carbocycles. The number of hydrogen-bond acceptors (Lipinski definition) is 7. The molecule has 0 aliphatic heterocycles. The van der Waals surface area contributed by atoms with Crippen molar-refractivity contribution in [2.75, 3.05) is 16.6 Å². The number of benzene rings is 1. The Balaban J connectivity index is 1.46. The van der Waals surface area contributed by atoms with Crippen LogP contribution in [0, 0.1) is 0 Å². The van der Waals surface area contributed by atoms with E-state index in [1.807, 2.05) is 19.1 Å². The third-order valence-corrected chi connectivity index (χ3v) is 7.35. The van der Waals surface area contributed by atoms with Crippen LogP contribution in [0.15, 0.2) is 54.9 Å². The molecule has 2 N–H and O–H groups in total. The van der Waals surface area contributed by atoms with Gasteiger partial charge in [0.25, 0.3) is 0 Å². The van der Waals surface area contributed by atoms with E-state index in [2.05, 4.69) is 25.0 Å². The third kappa shape index (κ3) is 5.33. The van der Waals surface area contributed by atoms with Gasteiger partial charge in [0.15, 0.2) is 0 Å². The lowest BCUT2D eigenvalue weighted by Gasteiger charge is -2.23. The Morgan fingerprint density at radius 2 is 1.82 bits per heavy atom. The molecule has 1 saturated carbocycles. The molecule has 34 heavy (non-hydrogen) atoms. The lowest BCUT2D eigenvalue weighted by atomic mass is 9.87. The number of ether oxygens (including phenoxy) is 1. The summed E-state index contributed by atoms with van der Waals surface area (Å²) in [7, 11) is -3.43. The lowest BCUT2D eigenvalue weighted by Crippen LogP contribution is -2.35. The Labute approximate surface area is 199 Å². The zero-order chi connectivity index (χ0) is 24.3. The summed E-state index contributed by atoms with van der Waals surface area (Å²) in [6, 6.07) is 12.2. The third-order valence-electron chi connectivity index (χ3n) is 5.51. The highest BCUT2D eigenvalue weighted by molar-refractivity contribution is 7.93. The Hall–Kier alpha value is -3.53. The minimum atomic E-state index is -3.43. The normalized spacial score (nSPS) is 13.9. The van der Waals surface area contributed by atoms with E-state index in [1.165, 1.54) is 0 Å². The van der Waals surface area contributed by atoms with Gasteiger partial charge in [-0.1, -0.05) is 18.2 Å². The van der Waals surface area contributed by atoms with Crippen molar-refractivity contribution in [1.29, 1.82) is 0 Å². The fraction of sp³-hybridized carbons (Fsp3) is 0.333. The molecule has 4 rings (SSSR count). The van der Waals surface area contributed by atoms with Crippen LogP contribution >= 0.6 is 0 Å². The maximum Gasteiger partial charge on any atom is 0.236 e. The summed E-state index contributed by atoms with van der Waals surface area (Å²) in [5.74, 6) is 0.395. The van der Waals surface area contributed by atoms with E-state index in [9.17, 15) is 13.2 Å². The molecule has 178 valence electrons. The first-order valence-electron chi connectivity index (χ1n) is 11.0. The second kappa shape index (κ2) is 9.38. The van der Waals surface area contributed by atoms with Crippen molar-refractivity contribution in [2.24, 2.45) is 0 Å². The van der Waals surface area contributed by atoms with Crippen molar-refractivity contribution in [3.8, 4) is 17.1 Å². The number of rotatable bonds is 9. The van der Waals surface area contributed by atoms with Crippen LogP contribution in [0.1, 0.15) is 39.3 Å². The lowest BCUT2D eigenvalue weighted by molar-refractivity contribution is -0.120. The number of aromatic nitrogens is 3. The topological polar surface area (TPSA) is 123 Å². The zero-order valence-corrected chi connectivity index (χ0v) is 20.1. The molecule has 0 atom stereocenters. The van der Waals surface area contributed by atoms with Crippen molar-refractivity contribution in [1.82, 2.24) is 15.0 Å². The SMILES string of the molecule is CCOc1cncc(-c2ccc(NC(=O)C(C)(C)c3cccc(NS(=O)(=O)C4CC4)n3)cc2)n1. The highest BCUT2D eigenvalue weighted by Crippen LogP contribution is 2.30. The van der Waals surface area contributed by atoms with E-state index >= 15 is 0 Å². The number of pyridine rings is 1. The van der Waals surface area contributed by atoms with Crippen LogP contribution in [-0.2, 0) is 20.2 Å². The molecule has 2 heterocycles. The van der Waals surface area contributed by atoms with E-state index in [1.54, 1.807) is 56.6 Å². The van der Waals surface area contributed by atoms with Gasteiger partial charge in [-0.3, -0.25) is 14.5 Å². The Morgan fingerprint density at radius 1 is 1.09 bits per heavy atom. The van der Waals surface area contributed by atoms with Crippen LogP contribution in [-0.4, -0.2) is 41.1 Å². The van der Waals surface area contributed by atoms with Crippen LogP contribution in [0.2, 0.25) is 0 Å². The van der Waals surface area contributed by atoms with Crippen LogP contribution in [0.4, 0.5) is 11.5 Å². The van der Waals surface area contributed by atoms with Crippen molar-refractivity contribution in [3.63, 3.8) is 0 Å². The molecule has 0 bridgehead atoms. The van der Waals surface area contributed by atoms with Gasteiger partial charge >= 0.3 is 0 Å². The number of anilines is 2. The second-order valence-electron chi connectivity index (χ2n) is 8.59. The predicted octanol–water partition coefficient (Wildman–Crippen LogP) is 3.76. The van der Waals surface area contributed by atoms with Crippen molar-refractivity contribution < 1.29 is 17.9 Å². The van der Waals surface area contributed by atoms with Crippen LogP contribution in [0.5, 0.6) is 5.88 Å². The summed E-state index contributed by atoms with van der Waals surface area (Å²) >= 11 is 0. The van der Waals surface area contributed by atoms with Gasteiger partial charge < -0.3 is 10.1 Å². The van der Waals surface area contributed by atoms with Crippen molar-refractivity contribution >= 4 is 27.4 Å². The predicted molar refractivity (Wildman–Crippen MR) is 130 cm³/mol. The van der Waals surface area contributed by atoms with Crippen LogP contribution < -0.4 is 14.8 Å². The fourth-order valence-corrected chi connectivity index (χ4v) is 4.61. The molecule has 2 aromatic heterocycles. The number of nitrogens with zero attached hydrogens (tertiary/aromatic N) is 3. The largest absolute Gasteiger partial charge is 0.477 e. The van der Waals surface area contributed by atoms with Crippen LogP contribution in [0.3, 0.4) is 0 Å². The quantitative estimate of drug-likeness (QED) is 0.477. The van der Waals surface area contributed by atoms with Gasteiger partial charge in [0.05, 0.1) is 41.1 Å². The average Bonchev–Trinajstić information content (AvgIpc) is 3.66. The van der Waals surface area contributed by atoms with Gasteiger partial charge in [-0.15, -0.1) is 0 Å². The number of amides is 1. The van der Waals surface area contributed by atoms with Crippen molar-refractivity contribution in [2.45, 2.75) is 44.3 Å². The monoisotopic (exact) mass is 481 g/mol.